The molecule has 0 saturated carbocycles. The number of nitrogens with zero attached hydrogens (tertiary/aromatic N) is 2. The van der Waals surface area contributed by atoms with Crippen LogP contribution in [-0.4, -0.2) is 61.7 Å². The van der Waals surface area contributed by atoms with Gasteiger partial charge in [-0.05, 0) is 44.1 Å². The second-order valence-corrected chi connectivity index (χ2v) is 6.81. The molecule has 2 saturated heterocycles. The maximum atomic E-state index is 11.3. The Morgan fingerprint density at radius 2 is 2.22 bits per heavy atom. The molecule has 5 nitrogen and oxygen atoms in total. The zero-order chi connectivity index (χ0) is 16.3. The Labute approximate surface area is 138 Å². The standard InChI is InChI=1S/C18H26N2O3/c1-19(13-17(21)22-2)12-15-5-3-6-16(11-15)23-18-7-4-9-20(14-18)10-8-18/h3,5-6,11H,4,7-10,12-14H2,1-2H3/t18-/m1/s1. The van der Waals surface area contributed by atoms with Crippen molar-refractivity contribution in [1.82, 2.24) is 9.80 Å². The number of hydrogen-bond acceptors (Lipinski definition) is 5. The monoisotopic (exact) mass is 318 g/mol. The number of ether oxygens (including phenoxy) is 2. The molecule has 0 aromatic heterocycles. The van der Waals surface area contributed by atoms with Crippen molar-refractivity contribution in [2.45, 2.75) is 31.4 Å². The summed E-state index contributed by atoms with van der Waals surface area (Å²) in [4.78, 5) is 15.8. The van der Waals surface area contributed by atoms with E-state index in [0.29, 0.717) is 13.1 Å². The first-order chi connectivity index (χ1) is 11.1. The highest BCUT2D eigenvalue weighted by molar-refractivity contribution is 5.71. The predicted octanol–water partition coefficient (Wildman–Crippen LogP) is 1.91. The van der Waals surface area contributed by atoms with Crippen LogP contribution in [0.5, 0.6) is 5.75 Å². The van der Waals surface area contributed by atoms with Gasteiger partial charge in [0.25, 0.3) is 0 Å². The van der Waals surface area contributed by atoms with Crippen LogP contribution >= 0.6 is 0 Å². The fourth-order valence-electron chi connectivity index (χ4n) is 3.69. The number of likely N-dealkylation sites (N-methyl/N-ethyl adjacent to an activating group) is 1. The van der Waals surface area contributed by atoms with Crippen LogP contribution in [0.2, 0.25) is 0 Å². The molecule has 1 aromatic carbocycles. The highest BCUT2D eigenvalue weighted by Gasteiger charge is 2.42. The highest BCUT2D eigenvalue weighted by atomic mass is 16.5. The van der Waals surface area contributed by atoms with E-state index in [1.165, 1.54) is 20.1 Å². The van der Waals surface area contributed by atoms with E-state index < -0.39 is 0 Å². The molecule has 0 spiro atoms. The molecule has 2 bridgehead atoms. The molecule has 2 aliphatic heterocycles. The van der Waals surface area contributed by atoms with Gasteiger partial charge in [0.15, 0.2) is 0 Å². The minimum Gasteiger partial charge on any atom is -0.486 e. The molecule has 2 aliphatic rings. The molecular formula is C18H26N2O3. The molecule has 2 fully saturated rings. The lowest BCUT2D eigenvalue weighted by atomic mass is 9.94. The first-order valence-corrected chi connectivity index (χ1v) is 8.34. The van der Waals surface area contributed by atoms with Gasteiger partial charge < -0.3 is 9.47 Å². The van der Waals surface area contributed by atoms with Crippen molar-refractivity contribution in [3.05, 3.63) is 29.8 Å². The molecular weight excluding hydrogens is 292 g/mol. The SMILES string of the molecule is COC(=O)CN(C)Cc1cccc(O[C@]23CCCN(CC2)C3)c1. The highest BCUT2D eigenvalue weighted by Crippen LogP contribution is 2.35. The van der Waals surface area contributed by atoms with Gasteiger partial charge in [0.1, 0.15) is 11.4 Å². The number of methoxy groups -OCH3 is 1. The van der Waals surface area contributed by atoms with Crippen LogP contribution in [0.3, 0.4) is 0 Å². The zero-order valence-electron chi connectivity index (χ0n) is 14.1. The smallest absolute Gasteiger partial charge is 0.319 e. The van der Waals surface area contributed by atoms with Gasteiger partial charge >= 0.3 is 5.97 Å². The molecule has 3 rings (SSSR count). The molecule has 0 radical (unpaired) electrons. The summed E-state index contributed by atoms with van der Waals surface area (Å²) in [6.07, 6.45) is 3.50. The van der Waals surface area contributed by atoms with E-state index in [1.807, 2.05) is 24.1 Å². The van der Waals surface area contributed by atoms with Gasteiger partial charge in [0.2, 0.25) is 0 Å². The number of piperidine rings is 1. The third-order valence-electron chi connectivity index (χ3n) is 4.81. The summed E-state index contributed by atoms with van der Waals surface area (Å²) in [7, 11) is 3.33. The van der Waals surface area contributed by atoms with E-state index in [4.69, 9.17) is 9.47 Å². The van der Waals surface area contributed by atoms with Crippen LogP contribution in [0, 0.1) is 0 Å². The van der Waals surface area contributed by atoms with Crippen molar-refractivity contribution in [1.29, 1.82) is 0 Å². The van der Waals surface area contributed by atoms with Crippen molar-refractivity contribution in [3.8, 4) is 5.75 Å². The summed E-state index contributed by atoms with van der Waals surface area (Å²) >= 11 is 0. The molecule has 2 atom stereocenters. The summed E-state index contributed by atoms with van der Waals surface area (Å²) in [6, 6.07) is 8.23. The molecule has 1 unspecified atom stereocenters. The lowest BCUT2D eigenvalue weighted by Crippen LogP contribution is -2.43. The van der Waals surface area contributed by atoms with Gasteiger partial charge in [-0.2, -0.15) is 0 Å². The van der Waals surface area contributed by atoms with Crippen LogP contribution in [0.25, 0.3) is 0 Å². The van der Waals surface area contributed by atoms with Gasteiger partial charge in [-0.3, -0.25) is 14.6 Å². The third kappa shape index (κ3) is 4.03. The Bertz CT molecular complexity index is 559. The quantitative estimate of drug-likeness (QED) is 0.750. The number of esters is 1. The number of carbonyl (C=O) groups is 1. The summed E-state index contributed by atoms with van der Waals surface area (Å²) in [5, 5.41) is 0. The molecule has 0 N–H and O–H groups in total. The van der Waals surface area contributed by atoms with Gasteiger partial charge in [-0.15, -0.1) is 0 Å². The molecule has 23 heavy (non-hydrogen) atoms. The fraction of sp³-hybridized carbons (Fsp3) is 0.611. The summed E-state index contributed by atoms with van der Waals surface area (Å²) in [5.41, 5.74) is 1.16. The zero-order valence-corrected chi connectivity index (χ0v) is 14.1. The second-order valence-electron chi connectivity index (χ2n) is 6.81. The van der Waals surface area contributed by atoms with E-state index in [2.05, 4.69) is 17.0 Å². The second kappa shape index (κ2) is 6.89. The molecule has 0 aliphatic carbocycles. The molecule has 2 heterocycles. The fourth-order valence-corrected chi connectivity index (χ4v) is 3.69. The number of fused-ring (bicyclic) bond motifs is 2. The Kier molecular flexibility index (Phi) is 4.87. The van der Waals surface area contributed by atoms with E-state index >= 15 is 0 Å². The van der Waals surface area contributed by atoms with E-state index in [0.717, 1.165) is 37.2 Å². The predicted molar refractivity (Wildman–Crippen MR) is 88.4 cm³/mol. The van der Waals surface area contributed by atoms with Crippen molar-refractivity contribution in [2.75, 3.05) is 40.3 Å². The lowest BCUT2D eigenvalue weighted by Gasteiger charge is -2.34. The average Bonchev–Trinajstić information content (AvgIpc) is 2.81. The Balaban J connectivity index is 1.62. The molecule has 5 heteroatoms. The van der Waals surface area contributed by atoms with Crippen molar-refractivity contribution in [2.24, 2.45) is 0 Å². The van der Waals surface area contributed by atoms with E-state index in [9.17, 15) is 4.79 Å². The largest absolute Gasteiger partial charge is 0.486 e. The minimum absolute atomic E-state index is 0.00872. The number of rotatable bonds is 6. The van der Waals surface area contributed by atoms with Crippen LogP contribution in [0.4, 0.5) is 0 Å². The lowest BCUT2D eigenvalue weighted by molar-refractivity contribution is -0.141. The average molecular weight is 318 g/mol. The Morgan fingerprint density at radius 1 is 1.35 bits per heavy atom. The number of hydrogen-bond donors (Lipinski definition) is 0. The van der Waals surface area contributed by atoms with Gasteiger partial charge in [-0.25, -0.2) is 0 Å². The number of benzene rings is 1. The van der Waals surface area contributed by atoms with Crippen LogP contribution < -0.4 is 4.74 Å². The maximum absolute atomic E-state index is 11.3. The van der Waals surface area contributed by atoms with Gasteiger partial charge in [0, 0.05) is 26.1 Å². The molecule has 126 valence electrons. The first-order valence-electron chi connectivity index (χ1n) is 8.34. The minimum atomic E-state index is -0.216. The van der Waals surface area contributed by atoms with Gasteiger partial charge in [0.05, 0.1) is 13.7 Å². The van der Waals surface area contributed by atoms with E-state index in [1.54, 1.807) is 0 Å². The first kappa shape index (κ1) is 16.3. The Morgan fingerprint density at radius 3 is 3.04 bits per heavy atom. The number of carbonyl (C=O) groups excluding carboxylic acids is 1. The van der Waals surface area contributed by atoms with E-state index in [-0.39, 0.29) is 11.6 Å². The van der Waals surface area contributed by atoms with Crippen molar-refractivity contribution in [3.63, 3.8) is 0 Å². The maximum Gasteiger partial charge on any atom is 0.319 e. The van der Waals surface area contributed by atoms with Crippen molar-refractivity contribution < 1.29 is 14.3 Å². The summed E-state index contributed by atoms with van der Waals surface area (Å²) in [6.45, 7) is 4.41. The van der Waals surface area contributed by atoms with Crippen LogP contribution in [-0.2, 0) is 16.1 Å². The summed E-state index contributed by atoms with van der Waals surface area (Å²) < 4.78 is 11.1. The third-order valence-corrected chi connectivity index (χ3v) is 4.81. The Hall–Kier alpha value is -1.59. The van der Waals surface area contributed by atoms with Gasteiger partial charge in [-0.1, -0.05) is 12.1 Å². The molecule has 1 aromatic rings. The normalized spacial score (nSPS) is 26.3. The molecule has 0 amide bonds. The van der Waals surface area contributed by atoms with Crippen molar-refractivity contribution >= 4 is 5.97 Å². The topological polar surface area (TPSA) is 42.0 Å². The van der Waals surface area contributed by atoms with Crippen LogP contribution in [0.1, 0.15) is 24.8 Å². The van der Waals surface area contributed by atoms with Crippen LogP contribution in [0.15, 0.2) is 24.3 Å². The summed E-state index contributed by atoms with van der Waals surface area (Å²) in [5.74, 6) is 0.727.